The molecule has 0 N–H and O–H groups in total. The highest BCUT2D eigenvalue weighted by molar-refractivity contribution is 6.31. The zero-order valence-corrected chi connectivity index (χ0v) is 19.5. The Morgan fingerprint density at radius 3 is 2.71 bits per heavy atom. The van der Waals surface area contributed by atoms with Gasteiger partial charge in [-0.1, -0.05) is 23.7 Å². The molecule has 0 atom stereocenters. The van der Waals surface area contributed by atoms with E-state index < -0.39 is 0 Å². The van der Waals surface area contributed by atoms with Crippen molar-refractivity contribution in [3.8, 4) is 23.4 Å². The monoisotopic (exact) mass is 470 g/mol. The molecular weight excluding hydrogens is 448 g/mol. The summed E-state index contributed by atoms with van der Waals surface area (Å²) in [5.41, 5.74) is 3.03. The average molecular weight is 471 g/mol. The Kier molecular flexibility index (Phi) is 6.20. The summed E-state index contributed by atoms with van der Waals surface area (Å²) in [5.74, 6) is 2.79. The number of hydrogen-bond acceptors (Lipinski definition) is 5. The van der Waals surface area contributed by atoms with E-state index in [9.17, 15) is 0 Å². The highest BCUT2D eigenvalue weighted by atomic mass is 35.5. The van der Waals surface area contributed by atoms with Crippen molar-refractivity contribution < 1.29 is 9.47 Å². The second-order valence-electron chi connectivity index (χ2n) is 8.19. The number of imidazole rings is 1. The molecular formula is C27H23ClN4O2. The van der Waals surface area contributed by atoms with Crippen molar-refractivity contribution >= 4 is 34.8 Å². The minimum absolute atomic E-state index is 0.206. The number of para-hydroxylation sites is 1. The van der Waals surface area contributed by atoms with Crippen LogP contribution in [-0.2, 0) is 0 Å². The Morgan fingerprint density at radius 1 is 1.12 bits per heavy atom. The normalized spacial score (nSPS) is 14.0. The summed E-state index contributed by atoms with van der Waals surface area (Å²) in [7, 11) is 1.66. The second kappa shape index (κ2) is 9.58. The van der Waals surface area contributed by atoms with Crippen LogP contribution in [0.2, 0.25) is 5.02 Å². The molecule has 170 valence electrons. The number of methoxy groups -OCH3 is 1. The van der Waals surface area contributed by atoms with Gasteiger partial charge in [-0.15, -0.1) is 0 Å². The lowest BCUT2D eigenvalue weighted by Crippen LogP contribution is -2.12. The maximum atomic E-state index is 9.14. The van der Waals surface area contributed by atoms with Gasteiger partial charge in [0, 0.05) is 16.8 Å². The molecule has 5 rings (SSSR count). The number of nitriles is 1. The minimum Gasteiger partial charge on any atom is -0.493 e. The minimum atomic E-state index is 0.206. The molecule has 4 aromatic rings. The van der Waals surface area contributed by atoms with Gasteiger partial charge < -0.3 is 9.47 Å². The molecule has 1 aliphatic rings. The average Bonchev–Trinajstić information content (AvgIpc) is 3.50. The van der Waals surface area contributed by atoms with Crippen LogP contribution in [0.1, 0.15) is 42.6 Å². The van der Waals surface area contributed by atoms with Crippen LogP contribution in [0.5, 0.6) is 11.5 Å². The molecule has 7 heteroatoms. The number of aromatic nitrogens is 3. The van der Waals surface area contributed by atoms with E-state index >= 15 is 0 Å². The van der Waals surface area contributed by atoms with Crippen LogP contribution >= 0.6 is 11.6 Å². The molecule has 0 saturated heterocycles. The highest BCUT2D eigenvalue weighted by Gasteiger charge is 2.20. The molecule has 0 aliphatic heterocycles. The Hall–Kier alpha value is -3.82. The summed E-state index contributed by atoms with van der Waals surface area (Å²) in [6.45, 7) is 0. The van der Waals surface area contributed by atoms with Crippen LogP contribution in [0.4, 0.5) is 0 Å². The number of benzene rings is 2. The molecule has 0 bridgehead atoms. The largest absolute Gasteiger partial charge is 0.493 e. The summed E-state index contributed by atoms with van der Waals surface area (Å²) in [6, 6.07) is 17.1. The zero-order valence-electron chi connectivity index (χ0n) is 18.7. The van der Waals surface area contributed by atoms with Crippen LogP contribution in [0.15, 0.2) is 54.7 Å². The Balaban J connectivity index is 1.59. The second-order valence-corrected chi connectivity index (χ2v) is 8.63. The lowest BCUT2D eigenvalue weighted by molar-refractivity contribution is 0.200. The third-order valence-corrected chi connectivity index (χ3v) is 6.21. The van der Waals surface area contributed by atoms with Crippen molar-refractivity contribution in [1.29, 1.82) is 5.26 Å². The summed E-state index contributed by atoms with van der Waals surface area (Å²) < 4.78 is 13.9. The molecule has 1 saturated carbocycles. The van der Waals surface area contributed by atoms with Gasteiger partial charge in [0.1, 0.15) is 17.7 Å². The van der Waals surface area contributed by atoms with Gasteiger partial charge in [-0.25, -0.2) is 9.97 Å². The van der Waals surface area contributed by atoms with Gasteiger partial charge in [-0.05, 0) is 74.2 Å². The first-order valence-corrected chi connectivity index (χ1v) is 11.6. The SMILES string of the molecule is COc1cccc(C=Cc2nc3ccc(Cl)cc3n2-c2ccc(C#N)cn2)c1OC1CCCC1. The Labute approximate surface area is 203 Å². The first-order valence-electron chi connectivity index (χ1n) is 11.2. The van der Waals surface area contributed by atoms with E-state index in [0.717, 1.165) is 35.2 Å². The van der Waals surface area contributed by atoms with Crippen molar-refractivity contribution in [2.75, 3.05) is 7.11 Å². The Bertz CT molecular complexity index is 1400. The highest BCUT2D eigenvalue weighted by Crippen LogP contribution is 2.36. The summed E-state index contributed by atoms with van der Waals surface area (Å²) in [6.07, 6.45) is 10.2. The fourth-order valence-corrected chi connectivity index (χ4v) is 4.46. The first kappa shape index (κ1) is 22.0. The van der Waals surface area contributed by atoms with E-state index in [0.29, 0.717) is 28.0 Å². The van der Waals surface area contributed by atoms with Crippen LogP contribution in [0.3, 0.4) is 0 Å². The third kappa shape index (κ3) is 4.35. The van der Waals surface area contributed by atoms with Gasteiger partial charge in [0.25, 0.3) is 0 Å². The number of ether oxygens (including phenoxy) is 2. The van der Waals surface area contributed by atoms with Gasteiger partial charge in [0.05, 0.1) is 29.8 Å². The fourth-order valence-electron chi connectivity index (χ4n) is 4.29. The zero-order chi connectivity index (χ0) is 23.5. The summed E-state index contributed by atoms with van der Waals surface area (Å²) in [5, 5.41) is 9.75. The predicted molar refractivity (Wildman–Crippen MR) is 133 cm³/mol. The van der Waals surface area contributed by atoms with Gasteiger partial charge in [-0.2, -0.15) is 5.26 Å². The van der Waals surface area contributed by atoms with Crippen LogP contribution in [-0.4, -0.2) is 27.7 Å². The fraction of sp³-hybridized carbons (Fsp3) is 0.222. The van der Waals surface area contributed by atoms with Crippen LogP contribution in [0.25, 0.3) is 29.0 Å². The van der Waals surface area contributed by atoms with Crippen LogP contribution < -0.4 is 9.47 Å². The summed E-state index contributed by atoms with van der Waals surface area (Å²) >= 11 is 6.29. The van der Waals surface area contributed by atoms with Crippen LogP contribution in [0, 0.1) is 11.3 Å². The molecule has 1 aliphatic carbocycles. The van der Waals surface area contributed by atoms with E-state index in [1.54, 1.807) is 25.4 Å². The number of rotatable bonds is 6. The van der Waals surface area contributed by atoms with E-state index in [1.165, 1.54) is 12.8 Å². The third-order valence-electron chi connectivity index (χ3n) is 5.98. The first-order chi connectivity index (χ1) is 16.7. The smallest absolute Gasteiger partial charge is 0.168 e. The topological polar surface area (TPSA) is 73.0 Å². The molecule has 2 heterocycles. The molecule has 2 aromatic carbocycles. The van der Waals surface area contributed by atoms with Gasteiger partial charge in [0.15, 0.2) is 11.5 Å². The molecule has 0 radical (unpaired) electrons. The van der Waals surface area contributed by atoms with Crippen molar-refractivity contribution in [1.82, 2.24) is 14.5 Å². The van der Waals surface area contributed by atoms with E-state index in [1.807, 2.05) is 53.1 Å². The summed E-state index contributed by atoms with van der Waals surface area (Å²) in [4.78, 5) is 9.28. The van der Waals surface area contributed by atoms with E-state index in [4.69, 9.17) is 31.3 Å². The number of fused-ring (bicyclic) bond motifs is 1. The predicted octanol–water partition coefficient (Wildman–Crippen LogP) is 6.45. The number of nitrogens with zero attached hydrogens (tertiary/aromatic N) is 4. The maximum Gasteiger partial charge on any atom is 0.168 e. The van der Waals surface area contributed by atoms with E-state index in [2.05, 4.69) is 11.1 Å². The van der Waals surface area contributed by atoms with Crippen molar-refractivity contribution in [3.63, 3.8) is 0 Å². The lowest BCUT2D eigenvalue weighted by atomic mass is 10.1. The maximum absolute atomic E-state index is 9.14. The standard InChI is InChI=1S/C27H23ClN4O2/c1-33-24-8-4-5-19(27(24)34-21-6-2-3-7-21)10-14-26-31-22-12-11-20(28)15-23(22)32(26)25-13-9-18(16-29)17-30-25/h4-5,8-15,17,21H,2-3,6-7H2,1H3. The lowest BCUT2D eigenvalue weighted by Gasteiger charge is -2.18. The molecule has 0 spiro atoms. The quantitative estimate of drug-likeness (QED) is 0.324. The molecule has 34 heavy (non-hydrogen) atoms. The molecule has 6 nitrogen and oxygen atoms in total. The Morgan fingerprint density at radius 2 is 1.97 bits per heavy atom. The van der Waals surface area contributed by atoms with Gasteiger partial charge in [0.2, 0.25) is 0 Å². The van der Waals surface area contributed by atoms with E-state index in [-0.39, 0.29) is 6.10 Å². The van der Waals surface area contributed by atoms with Crippen molar-refractivity contribution in [3.05, 3.63) is 76.7 Å². The molecule has 0 unspecified atom stereocenters. The van der Waals surface area contributed by atoms with Crippen molar-refractivity contribution in [2.45, 2.75) is 31.8 Å². The number of halogens is 1. The molecule has 2 aromatic heterocycles. The van der Waals surface area contributed by atoms with Gasteiger partial charge >= 0.3 is 0 Å². The van der Waals surface area contributed by atoms with Crippen molar-refractivity contribution in [2.24, 2.45) is 0 Å². The van der Waals surface area contributed by atoms with Gasteiger partial charge in [-0.3, -0.25) is 4.57 Å². The number of pyridine rings is 1. The molecule has 0 amide bonds. The molecule has 1 fully saturated rings. The number of hydrogen-bond donors (Lipinski definition) is 0.